The van der Waals surface area contributed by atoms with Crippen molar-refractivity contribution in [3.05, 3.63) is 132 Å². The zero-order chi connectivity index (χ0) is 26.6. The number of sulfone groups is 1. The zero-order valence-corrected chi connectivity index (χ0v) is 22.4. The number of hydrogen-bond donors (Lipinski definition) is 0. The van der Waals surface area contributed by atoms with E-state index in [0.717, 1.165) is 11.1 Å². The highest BCUT2D eigenvalue weighted by Crippen LogP contribution is 2.43. The molecular weight excluding hydrogens is 518 g/mol. The molecule has 6 nitrogen and oxygen atoms in total. The van der Waals surface area contributed by atoms with Crippen molar-refractivity contribution in [2.24, 2.45) is 0 Å². The summed E-state index contributed by atoms with van der Waals surface area (Å²) in [5.41, 5.74) is 2.47. The van der Waals surface area contributed by atoms with Crippen LogP contribution in [0.15, 0.2) is 120 Å². The van der Waals surface area contributed by atoms with Gasteiger partial charge in [0.1, 0.15) is 10.5 Å². The highest BCUT2D eigenvalue weighted by Gasteiger charge is 2.52. The standard InChI is InChI=1S/C30H29NO5S2/c32-37(33,28-17-8-3-9-18-28)21-20-30(38(34,35)36-27-15-6-2-7-16-27)24-31(22-25-12-4-1-5-13-25)23-26-14-10-11-19-29(26)30/h1-19H,20-24H2. The molecule has 38 heavy (non-hydrogen) atoms. The van der Waals surface area contributed by atoms with E-state index in [1.54, 1.807) is 60.7 Å². The van der Waals surface area contributed by atoms with Crippen molar-refractivity contribution >= 4 is 20.0 Å². The SMILES string of the molecule is O=S(=O)(CCC1(S(=O)(=O)Oc2ccccc2)CN(Cc2ccccc2)Cc2ccccc21)c1ccccc1. The monoisotopic (exact) mass is 547 g/mol. The van der Waals surface area contributed by atoms with Crippen molar-refractivity contribution in [2.75, 3.05) is 12.3 Å². The lowest BCUT2D eigenvalue weighted by Crippen LogP contribution is -2.52. The molecule has 0 aromatic heterocycles. The summed E-state index contributed by atoms with van der Waals surface area (Å²) in [4.78, 5) is 2.22. The molecule has 0 saturated heterocycles. The number of rotatable bonds is 9. The number of nitrogens with zero attached hydrogens (tertiary/aromatic N) is 1. The lowest BCUT2D eigenvalue weighted by atomic mass is 9.86. The summed E-state index contributed by atoms with van der Waals surface area (Å²) in [7, 11) is -8.10. The summed E-state index contributed by atoms with van der Waals surface area (Å²) in [6.45, 7) is 1.15. The summed E-state index contributed by atoms with van der Waals surface area (Å²) >= 11 is 0. The summed E-state index contributed by atoms with van der Waals surface area (Å²) < 4.78 is 59.3. The van der Waals surface area contributed by atoms with Gasteiger partial charge >= 0.3 is 10.1 Å². The van der Waals surface area contributed by atoms with E-state index in [-0.39, 0.29) is 29.4 Å². The van der Waals surface area contributed by atoms with E-state index in [1.807, 2.05) is 42.5 Å². The highest BCUT2D eigenvalue weighted by molar-refractivity contribution is 7.91. The molecule has 0 saturated carbocycles. The van der Waals surface area contributed by atoms with Gasteiger partial charge < -0.3 is 4.18 Å². The highest BCUT2D eigenvalue weighted by atomic mass is 32.2. The van der Waals surface area contributed by atoms with E-state index in [1.165, 1.54) is 12.1 Å². The maximum atomic E-state index is 14.2. The molecule has 0 bridgehead atoms. The molecule has 0 N–H and O–H groups in total. The van der Waals surface area contributed by atoms with Crippen LogP contribution in [0.2, 0.25) is 0 Å². The average molecular weight is 548 g/mol. The Bertz CT molecular complexity index is 1590. The van der Waals surface area contributed by atoms with Crippen LogP contribution in [0.3, 0.4) is 0 Å². The third-order valence-corrected chi connectivity index (χ3v) is 10.6. The van der Waals surface area contributed by atoms with Gasteiger partial charge in [0.2, 0.25) is 0 Å². The molecule has 1 atom stereocenters. The third kappa shape index (κ3) is 5.38. The van der Waals surface area contributed by atoms with Gasteiger partial charge in [-0.1, -0.05) is 91.0 Å². The Balaban J connectivity index is 1.60. The van der Waals surface area contributed by atoms with Gasteiger partial charge in [0.25, 0.3) is 0 Å². The minimum absolute atomic E-state index is 0.0956. The Morgan fingerprint density at radius 3 is 1.97 bits per heavy atom. The van der Waals surface area contributed by atoms with Crippen LogP contribution in [-0.4, -0.2) is 34.0 Å². The first-order valence-electron chi connectivity index (χ1n) is 12.4. The van der Waals surface area contributed by atoms with Gasteiger partial charge in [-0.05, 0) is 47.4 Å². The van der Waals surface area contributed by atoms with E-state index in [4.69, 9.17) is 4.18 Å². The fourth-order valence-electron chi connectivity index (χ4n) is 5.08. The first-order chi connectivity index (χ1) is 18.3. The van der Waals surface area contributed by atoms with Gasteiger partial charge in [-0.2, -0.15) is 8.42 Å². The molecule has 0 radical (unpaired) electrons. The molecule has 1 aliphatic heterocycles. The molecule has 0 spiro atoms. The van der Waals surface area contributed by atoms with E-state index in [2.05, 4.69) is 4.90 Å². The van der Waals surface area contributed by atoms with Crippen molar-refractivity contribution in [3.8, 4) is 5.75 Å². The minimum atomic E-state index is -4.35. The van der Waals surface area contributed by atoms with Crippen LogP contribution in [0.5, 0.6) is 5.75 Å². The maximum Gasteiger partial charge on any atom is 0.320 e. The van der Waals surface area contributed by atoms with E-state index in [9.17, 15) is 16.8 Å². The van der Waals surface area contributed by atoms with Crippen molar-refractivity contribution in [1.82, 2.24) is 4.90 Å². The fraction of sp³-hybridized carbons (Fsp3) is 0.200. The number of para-hydroxylation sites is 1. The molecule has 4 aromatic carbocycles. The Hall–Kier alpha value is -3.46. The largest absolute Gasteiger partial charge is 0.382 e. The molecule has 1 unspecified atom stereocenters. The average Bonchev–Trinajstić information content (AvgIpc) is 2.93. The van der Waals surface area contributed by atoms with Crippen molar-refractivity contribution in [1.29, 1.82) is 0 Å². The number of fused-ring (bicyclic) bond motifs is 1. The summed E-state index contributed by atoms with van der Waals surface area (Å²) in [5.74, 6) is -0.155. The smallest absolute Gasteiger partial charge is 0.320 e. The topological polar surface area (TPSA) is 80.8 Å². The van der Waals surface area contributed by atoms with Gasteiger partial charge in [0.15, 0.2) is 9.84 Å². The Kier molecular flexibility index (Phi) is 7.38. The van der Waals surface area contributed by atoms with E-state index >= 15 is 0 Å². The van der Waals surface area contributed by atoms with E-state index in [0.29, 0.717) is 18.7 Å². The molecule has 5 rings (SSSR count). The molecule has 1 heterocycles. The van der Waals surface area contributed by atoms with Gasteiger partial charge in [-0.3, -0.25) is 4.90 Å². The number of hydrogen-bond acceptors (Lipinski definition) is 6. The van der Waals surface area contributed by atoms with Crippen LogP contribution in [0, 0.1) is 0 Å². The van der Waals surface area contributed by atoms with Crippen molar-refractivity contribution in [2.45, 2.75) is 29.2 Å². The molecule has 8 heteroatoms. The Morgan fingerprint density at radius 1 is 0.711 bits per heavy atom. The molecule has 0 aliphatic carbocycles. The van der Waals surface area contributed by atoms with Gasteiger partial charge in [-0.25, -0.2) is 8.42 Å². The quantitative estimate of drug-likeness (QED) is 0.269. The van der Waals surface area contributed by atoms with Gasteiger partial charge in [-0.15, -0.1) is 0 Å². The molecule has 0 fully saturated rings. The lowest BCUT2D eigenvalue weighted by Gasteiger charge is -2.43. The molecule has 1 aliphatic rings. The van der Waals surface area contributed by atoms with Crippen LogP contribution >= 0.6 is 0 Å². The van der Waals surface area contributed by atoms with Crippen molar-refractivity contribution in [3.63, 3.8) is 0 Å². The zero-order valence-electron chi connectivity index (χ0n) is 20.8. The predicted octanol–water partition coefficient (Wildman–Crippen LogP) is 5.17. The second-order valence-electron chi connectivity index (χ2n) is 9.51. The van der Waals surface area contributed by atoms with Crippen LogP contribution in [0.25, 0.3) is 0 Å². The first-order valence-corrected chi connectivity index (χ1v) is 15.5. The lowest BCUT2D eigenvalue weighted by molar-refractivity contribution is 0.196. The van der Waals surface area contributed by atoms with E-state index < -0.39 is 24.7 Å². The van der Waals surface area contributed by atoms with Crippen molar-refractivity contribution < 1.29 is 21.0 Å². The Labute approximate surface area is 224 Å². The second-order valence-corrected chi connectivity index (χ2v) is 13.5. The van der Waals surface area contributed by atoms with Gasteiger partial charge in [0, 0.05) is 19.6 Å². The third-order valence-electron chi connectivity index (χ3n) is 6.93. The summed E-state index contributed by atoms with van der Waals surface area (Å²) in [5, 5.41) is 0. The molecule has 196 valence electrons. The van der Waals surface area contributed by atoms with Crippen LogP contribution in [0.1, 0.15) is 23.1 Å². The molecule has 4 aromatic rings. The first kappa shape index (κ1) is 26.2. The number of benzene rings is 4. The summed E-state index contributed by atoms with van der Waals surface area (Å²) in [6, 6.07) is 33.7. The van der Waals surface area contributed by atoms with Crippen LogP contribution in [-0.2, 0) is 37.8 Å². The molecule has 0 amide bonds. The Morgan fingerprint density at radius 2 is 1.29 bits per heavy atom. The van der Waals surface area contributed by atoms with Gasteiger partial charge in [0.05, 0.1) is 10.6 Å². The van der Waals surface area contributed by atoms with Crippen LogP contribution < -0.4 is 4.18 Å². The minimum Gasteiger partial charge on any atom is -0.382 e. The fourth-order valence-corrected chi connectivity index (χ4v) is 8.32. The van der Waals surface area contributed by atoms with Crippen LogP contribution in [0.4, 0.5) is 0 Å². The maximum absolute atomic E-state index is 14.2. The molecular formula is C30H29NO5S2. The predicted molar refractivity (Wildman–Crippen MR) is 148 cm³/mol. The second kappa shape index (κ2) is 10.7. The normalized spacial score (nSPS) is 18.0. The summed E-state index contributed by atoms with van der Waals surface area (Å²) in [6.07, 6.45) is -0.151.